The number of hydrogen-bond donors (Lipinski definition) is 1. The maximum Gasteiger partial charge on any atom is 0.0483 e. The highest BCUT2D eigenvalue weighted by Crippen LogP contribution is 2.20. The topological polar surface area (TPSA) is 17.0 Å². The molecule has 0 aliphatic rings. The molecule has 0 bridgehead atoms. The summed E-state index contributed by atoms with van der Waals surface area (Å²) < 4.78 is 3.42. The lowest BCUT2D eigenvalue weighted by Crippen LogP contribution is -2.04. The summed E-state index contributed by atoms with van der Waals surface area (Å²) in [6.45, 7) is 1.81. The van der Waals surface area contributed by atoms with Crippen molar-refractivity contribution in [2.45, 2.75) is 13.1 Å². The number of benzene rings is 2. The normalized spacial score (nSPS) is 11.1. The average Bonchev–Trinajstić information content (AvgIpc) is 2.82. The zero-order valence-electron chi connectivity index (χ0n) is 11.4. The van der Waals surface area contributed by atoms with Gasteiger partial charge in [-0.1, -0.05) is 34.1 Å². The summed E-state index contributed by atoms with van der Waals surface area (Å²) >= 11 is 3.53. The molecule has 102 valence electrons. The minimum Gasteiger partial charge on any atom is -0.343 e. The lowest BCUT2D eigenvalue weighted by atomic mass is 10.1. The summed E-state index contributed by atoms with van der Waals surface area (Å²) in [5.74, 6) is 0. The first-order valence-electron chi connectivity index (χ1n) is 6.73. The van der Waals surface area contributed by atoms with Crippen molar-refractivity contribution >= 4 is 26.8 Å². The van der Waals surface area contributed by atoms with Crippen LogP contribution in [0.15, 0.2) is 59.2 Å². The second-order valence-electron chi connectivity index (χ2n) is 5.00. The van der Waals surface area contributed by atoms with Gasteiger partial charge in [0.1, 0.15) is 0 Å². The first kappa shape index (κ1) is 13.4. The maximum atomic E-state index is 3.53. The summed E-state index contributed by atoms with van der Waals surface area (Å²) in [7, 11) is 1.97. The third-order valence-corrected chi connectivity index (χ3v) is 3.95. The standard InChI is InChI=1S/C17H17BrN2/c1-19-11-13-5-6-17-15(9-13)7-8-20(17)12-14-3-2-4-16(18)10-14/h2-10,19H,11-12H2,1H3. The Morgan fingerprint density at radius 3 is 2.75 bits per heavy atom. The molecule has 1 N–H and O–H groups in total. The van der Waals surface area contributed by atoms with Gasteiger partial charge in [0.25, 0.3) is 0 Å². The molecular formula is C17H17BrN2. The van der Waals surface area contributed by atoms with Crippen LogP contribution in [-0.4, -0.2) is 11.6 Å². The zero-order valence-corrected chi connectivity index (χ0v) is 13.0. The SMILES string of the molecule is CNCc1ccc2c(ccn2Cc2cccc(Br)c2)c1. The van der Waals surface area contributed by atoms with Crippen molar-refractivity contribution < 1.29 is 0 Å². The molecule has 0 aliphatic carbocycles. The summed E-state index contributed by atoms with van der Waals surface area (Å²) in [6, 6.07) is 17.3. The molecule has 1 aromatic heterocycles. The molecule has 1 heterocycles. The van der Waals surface area contributed by atoms with Crippen LogP contribution in [0.4, 0.5) is 0 Å². The first-order chi connectivity index (χ1) is 9.76. The summed E-state index contributed by atoms with van der Waals surface area (Å²) in [6.07, 6.45) is 2.16. The molecule has 0 saturated heterocycles. The molecule has 0 unspecified atom stereocenters. The van der Waals surface area contributed by atoms with Crippen molar-refractivity contribution in [1.82, 2.24) is 9.88 Å². The van der Waals surface area contributed by atoms with E-state index < -0.39 is 0 Å². The second-order valence-corrected chi connectivity index (χ2v) is 5.91. The predicted octanol–water partition coefficient (Wildman–Crippen LogP) is 4.17. The average molecular weight is 329 g/mol. The minimum absolute atomic E-state index is 0.897. The van der Waals surface area contributed by atoms with E-state index in [1.54, 1.807) is 0 Å². The molecular weight excluding hydrogens is 312 g/mol. The molecule has 0 aliphatic heterocycles. The van der Waals surface area contributed by atoms with Crippen molar-refractivity contribution in [1.29, 1.82) is 0 Å². The van der Waals surface area contributed by atoms with Gasteiger partial charge < -0.3 is 9.88 Å². The van der Waals surface area contributed by atoms with Gasteiger partial charge in [-0.3, -0.25) is 0 Å². The van der Waals surface area contributed by atoms with Crippen LogP contribution in [0, 0.1) is 0 Å². The van der Waals surface area contributed by atoms with Gasteiger partial charge in [0.05, 0.1) is 0 Å². The number of halogens is 1. The second kappa shape index (κ2) is 5.81. The molecule has 0 radical (unpaired) electrons. The van der Waals surface area contributed by atoms with Gasteiger partial charge in [-0.2, -0.15) is 0 Å². The number of nitrogens with zero attached hydrogens (tertiary/aromatic N) is 1. The van der Waals surface area contributed by atoms with E-state index in [2.05, 4.69) is 80.5 Å². The van der Waals surface area contributed by atoms with Crippen LogP contribution < -0.4 is 5.32 Å². The van der Waals surface area contributed by atoms with E-state index >= 15 is 0 Å². The predicted molar refractivity (Wildman–Crippen MR) is 87.9 cm³/mol. The van der Waals surface area contributed by atoms with Crippen LogP contribution >= 0.6 is 15.9 Å². The highest BCUT2D eigenvalue weighted by molar-refractivity contribution is 9.10. The van der Waals surface area contributed by atoms with Gasteiger partial charge in [-0.25, -0.2) is 0 Å². The molecule has 0 atom stereocenters. The van der Waals surface area contributed by atoms with E-state index in [0.717, 1.165) is 17.6 Å². The molecule has 3 rings (SSSR count). The summed E-state index contributed by atoms with van der Waals surface area (Å²) in [4.78, 5) is 0. The van der Waals surface area contributed by atoms with Gasteiger partial charge in [0, 0.05) is 29.3 Å². The number of aromatic nitrogens is 1. The largest absolute Gasteiger partial charge is 0.343 e. The monoisotopic (exact) mass is 328 g/mol. The van der Waals surface area contributed by atoms with Gasteiger partial charge in [0.15, 0.2) is 0 Å². The van der Waals surface area contributed by atoms with Crippen molar-refractivity contribution in [2.24, 2.45) is 0 Å². The highest BCUT2D eigenvalue weighted by Gasteiger charge is 2.03. The van der Waals surface area contributed by atoms with Crippen LogP contribution in [0.1, 0.15) is 11.1 Å². The van der Waals surface area contributed by atoms with Gasteiger partial charge >= 0.3 is 0 Å². The fraction of sp³-hybridized carbons (Fsp3) is 0.176. The van der Waals surface area contributed by atoms with E-state index in [0.29, 0.717) is 0 Å². The van der Waals surface area contributed by atoms with Crippen LogP contribution in [0.2, 0.25) is 0 Å². The van der Waals surface area contributed by atoms with Crippen LogP contribution in [0.3, 0.4) is 0 Å². The Kier molecular flexibility index (Phi) is 3.90. The van der Waals surface area contributed by atoms with E-state index in [1.165, 1.54) is 22.0 Å². The van der Waals surface area contributed by atoms with E-state index in [1.807, 2.05) is 7.05 Å². The van der Waals surface area contributed by atoms with Crippen molar-refractivity contribution in [3.63, 3.8) is 0 Å². The van der Waals surface area contributed by atoms with Crippen LogP contribution in [0.5, 0.6) is 0 Å². The molecule has 3 heteroatoms. The van der Waals surface area contributed by atoms with Gasteiger partial charge in [0.2, 0.25) is 0 Å². The molecule has 3 aromatic rings. The minimum atomic E-state index is 0.897. The Bertz CT molecular complexity index is 731. The van der Waals surface area contributed by atoms with Gasteiger partial charge in [-0.05, 0) is 53.9 Å². The lowest BCUT2D eigenvalue weighted by Gasteiger charge is -2.07. The fourth-order valence-corrected chi connectivity index (χ4v) is 2.98. The molecule has 20 heavy (non-hydrogen) atoms. The van der Waals surface area contributed by atoms with Crippen LogP contribution in [0.25, 0.3) is 10.9 Å². The Hall–Kier alpha value is -1.58. The van der Waals surface area contributed by atoms with Crippen molar-refractivity contribution in [3.8, 4) is 0 Å². The molecule has 0 amide bonds. The number of rotatable bonds is 4. The van der Waals surface area contributed by atoms with E-state index in [9.17, 15) is 0 Å². The van der Waals surface area contributed by atoms with E-state index in [-0.39, 0.29) is 0 Å². The molecule has 0 fully saturated rings. The first-order valence-corrected chi connectivity index (χ1v) is 7.52. The summed E-state index contributed by atoms with van der Waals surface area (Å²) in [5, 5.41) is 4.49. The Labute approximate surface area is 127 Å². The Morgan fingerprint density at radius 1 is 1.05 bits per heavy atom. The smallest absolute Gasteiger partial charge is 0.0483 e. The van der Waals surface area contributed by atoms with Crippen molar-refractivity contribution in [2.75, 3.05) is 7.05 Å². The van der Waals surface area contributed by atoms with Gasteiger partial charge in [-0.15, -0.1) is 0 Å². The number of hydrogen-bond acceptors (Lipinski definition) is 1. The highest BCUT2D eigenvalue weighted by atomic mass is 79.9. The van der Waals surface area contributed by atoms with Crippen LogP contribution in [-0.2, 0) is 13.1 Å². The molecule has 0 spiro atoms. The molecule has 0 saturated carbocycles. The lowest BCUT2D eigenvalue weighted by molar-refractivity contribution is 0.817. The molecule has 2 aromatic carbocycles. The molecule has 2 nitrogen and oxygen atoms in total. The zero-order chi connectivity index (χ0) is 13.9. The Balaban J connectivity index is 1.92. The van der Waals surface area contributed by atoms with Crippen molar-refractivity contribution in [3.05, 3.63) is 70.3 Å². The fourth-order valence-electron chi connectivity index (χ4n) is 2.53. The number of nitrogens with one attached hydrogen (secondary N) is 1. The quantitative estimate of drug-likeness (QED) is 0.760. The Morgan fingerprint density at radius 2 is 1.95 bits per heavy atom. The maximum absolute atomic E-state index is 3.53. The van der Waals surface area contributed by atoms with E-state index in [4.69, 9.17) is 0 Å². The third-order valence-electron chi connectivity index (χ3n) is 3.46. The summed E-state index contributed by atoms with van der Waals surface area (Å²) in [5.41, 5.74) is 3.90. The number of fused-ring (bicyclic) bond motifs is 1. The third kappa shape index (κ3) is 2.79.